The van der Waals surface area contributed by atoms with E-state index in [2.05, 4.69) is 31.1 Å². The lowest BCUT2D eigenvalue weighted by Gasteiger charge is -2.33. The molecule has 0 radical (unpaired) electrons. The molecule has 1 aliphatic rings. The number of carbonyl (C=O) groups is 1. The molecule has 1 aliphatic carbocycles. The maximum absolute atomic E-state index is 13.0. The first-order valence-corrected chi connectivity index (χ1v) is 10.1. The highest BCUT2D eigenvalue weighted by atomic mass is 32.1. The molecule has 0 fully saturated rings. The van der Waals surface area contributed by atoms with Crippen LogP contribution in [0.15, 0.2) is 35.3 Å². The summed E-state index contributed by atoms with van der Waals surface area (Å²) in [4.78, 5) is 31.7. The van der Waals surface area contributed by atoms with Gasteiger partial charge in [0.25, 0.3) is 11.5 Å². The van der Waals surface area contributed by atoms with Crippen molar-refractivity contribution >= 4 is 27.9 Å². The summed E-state index contributed by atoms with van der Waals surface area (Å²) in [5, 5.41) is 2.62. The van der Waals surface area contributed by atoms with Gasteiger partial charge in [-0.25, -0.2) is 9.37 Å². The molecule has 5 nitrogen and oxygen atoms in total. The lowest BCUT2D eigenvalue weighted by molar-refractivity contribution is 0.102. The van der Waals surface area contributed by atoms with E-state index in [4.69, 9.17) is 0 Å². The first kappa shape index (κ1) is 18.8. The minimum absolute atomic E-state index is 0.130. The molecule has 0 saturated carbocycles. The molecule has 0 aliphatic heterocycles. The fraction of sp³-hybridized carbons (Fsp3) is 0.381. The topological polar surface area (TPSA) is 63.5 Å². The molecule has 4 rings (SSSR count). The number of benzene rings is 1. The lowest BCUT2D eigenvalue weighted by Crippen LogP contribution is -2.28. The van der Waals surface area contributed by atoms with Crippen LogP contribution in [-0.4, -0.2) is 15.3 Å². The molecule has 0 bridgehead atoms. The molecule has 1 amide bonds. The number of hydrogen-bond donors (Lipinski definition) is 1. The summed E-state index contributed by atoms with van der Waals surface area (Å²) in [6, 6.07) is 5.19. The number of halogens is 1. The van der Waals surface area contributed by atoms with E-state index in [0.29, 0.717) is 10.9 Å². The summed E-state index contributed by atoms with van der Waals surface area (Å²) in [6.07, 6.45) is 4.21. The van der Waals surface area contributed by atoms with Crippen LogP contribution in [0, 0.1) is 17.2 Å². The van der Waals surface area contributed by atoms with E-state index in [-0.39, 0.29) is 22.2 Å². The number of nitrogens with one attached hydrogen (secondary N) is 1. The van der Waals surface area contributed by atoms with E-state index in [1.54, 1.807) is 15.7 Å². The molecule has 0 spiro atoms. The molecular formula is C21H22FN3O2S. The van der Waals surface area contributed by atoms with Gasteiger partial charge in [-0.2, -0.15) is 0 Å². The summed E-state index contributed by atoms with van der Waals surface area (Å²) < 4.78 is 14.7. The van der Waals surface area contributed by atoms with Gasteiger partial charge in [0, 0.05) is 16.1 Å². The number of aromatic nitrogens is 2. The Kier molecular flexibility index (Phi) is 4.57. The summed E-state index contributed by atoms with van der Waals surface area (Å²) in [5.74, 6) is -0.310. The first-order chi connectivity index (χ1) is 13.2. The summed E-state index contributed by atoms with van der Waals surface area (Å²) in [5.41, 5.74) is 1.38. The van der Waals surface area contributed by atoms with Crippen molar-refractivity contribution in [3.8, 4) is 0 Å². The lowest BCUT2D eigenvalue weighted by atomic mass is 9.73. The minimum Gasteiger partial charge on any atom is -0.316 e. The molecule has 0 saturated heterocycles. The van der Waals surface area contributed by atoms with E-state index >= 15 is 0 Å². The molecule has 146 valence electrons. The third-order valence-electron chi connectivity index (χ3n) is 5.48. The van der Waals surface area contributed by atoms with Crippen LogP contribution >= 0.6 is 11.3 Å². The van der Waals surface area contributed by atoms with Crippen molar-refractivity contribution in [1.29, 1.82) is 0 Å². The van der Waals surface area contributed by atoms with Crippen LogP contribution in [0.3, 0.4) is 0 Å². The van der Waals surface area contributed by atoms with Crippen molar-refractivity contribution < 1.29 is 9.18 Å². The van der Waals surface area contributed by atoms with Crippen LogP contribution < -0.4 is 10.9 Å². The quantitative estimate of drug-likeness (QED) is 0.699. The Bertz CT molecular complexity index is 1110. The van der Waals surface area contributed by atoms with Gasteiger partial charge in [-0.05, 0) is 54.9 Å². The van der Waals surface area contributed by atoms with E-state index in [1.807, 2.05) is 0 Å². The van der Waals surface area contributed by atoms with Crippen molar-refractivity contribution in [2.24, 2.45) is 11.3 Å². The van der Waals surface area contributed by atoms with E-state index in [9.17, 15) is 14.0 Å². The highest BCUT2D eigenvalue weighted by molar-refractivity contribution is 7.17. The molecule has 0 unspecified atom stereocenters. The number of aryl methyl sites for hydroxylation is 1. The van der Waals surface area contributed by atoms with Crippen LogP contribution in [0.2, 0.25) is 0 Å². The molecule has 2 aromatic heterocycles. The normalized spacial score (nSPS) is 16.8. The van der Waals surface area contributed by atoms with E-state index < -0.39 is 11.7 Å². The fourth-order valence-corrected chi connectivity index (χ4v) is 4.92. The highest BCUT2D eigenvalue weighted by Crippen LogP contribution is 2.39. The average Bonchev–Trinajstić information content (AvgIpc) is 3.02. The van der Waals surface area contributed by atoms with Crippen molar-refractivity contribution in [2.45, 2.75) is 40.0 Å². The van der Waals surface area contributed by atoms with Gasteiger partial charge in [-0.15, -0.1) is 11.3 Å². The number of amides is 1. The van der Waals surface area contributed by atoms with E-state index in [0.717, 1.165) is 25.0 Å². The first-order valence-electron chi connectivity index (χ1n) is 9.33. The van der Waals surface area contributed by atoms with Gasteiger partial charge in [0.05, 0.1) is 6.20 Å². The molecule has 3 aromatic rings. The molecule has 1 N–H and O–H groups in total. The van der Waals surface area contributed by atoms with Crippen LogP contribution in [0.25, 0.3) is 4.96 Å². The second kappa shape index (κ2) is 6.81. The van der Waals surface area contributed by atoms with Gasteiger partial charge >= 0.3 is 0 Å². The minimum atomic E-state index is -0.462. The Morgan fingerprint density at radius 3 is 2.68 bits per heavy atom. The van der Waals surface area contributed by atoms with Gasteiger partial charge in [0.15, 0.2) is 4.96 Å². The third-order valence-corrected chi connectivity index (χ3v) is 6.60. The van der Waals surface area contributed by atoms with Gasteiger partial charge in [-0.3, -0.25) is 14.0 Å². The third kappa shape index (κ3) is 3.35. The highest BCUT2D eigenvalue weighted by Gasteiger charge is 2.31. The summed E-state index contributed by atoms with van der Waals surface area (Å²) in [7, 11) is 0. The predicted molar refractivity (Wildman–Crippen MR) is 109 cm³/mol. The number of anilines is 1. The van der Waals surface area contributed by atoms with Gasteiger partial charge < -0.3 is 5.32 Å². The van der Waals surface area contributed by atoms with Crippen LogP contribution in [-0.2, 0) is 12.8 Å². The van der Waals surface area contributed by atoms with Crippen molar-refractivity contribution in [3.05, 3.63) is 62.8 Å². The number of nitrogens with zero attached hydrogens (tertiary/aromatic N) is 2. The second-order valence-corrected chi connectivity index (χ2v) is 9.40. The molecule has 1 atom stereocenters. The average molecular weight is 399 g/mol. The molecule has 1 aromatic carbocycles. The number of fused-ring (bicyclic) bond motifs is 3. The number of rotatable bonds is 2. The van der Waals surface area contributed by atoms with E-state index in [1.165, 1.54) is 35.3 Å². The Morgan fingerprint density at radius 2 is 2.00 bits per heavy atom. The molecule has 7 heteroatoms. The number of carbonyl (C=O) groups excluding carboxylic acids is 1. The van der Waals surface area contributed by atoms with Crippen LogP contribution in [0.5, 0.6) is 0 Å². The molecule has 28 heavy (non-hydrogen) atoms. The largest absolute Gasteiger partial charge is 0.316 e. The van der Waals surface area contributed by atoms with Crippen LogP contribution in [0.1, 0.15) is 48.1 Å². The predicted octanol–water partition coefficient (Wildman–Crippen LogP) is 4.30. The summed E-state index contributed by atoms with van der Waals surface area (Å²) >= 11 is 1.56. The maximum Gasteiger partial charge on any atom is 0.282 e. The second-order valence-electron chi connectivity index (χ2n) is 8.33. The SMILES string of the molecule is CC(C)(C)[C@@H]1CCc2c(sc3ncc(NC(=O)c4ccc(F)cc4)c(=O)n23)C1. The Balaban J connectivity index is 1.67. The van der Waals surface area contributed by atoms with Gasteiger partial charge in [0.1, 0.15) is 11.5 Å². The fourth-order valence-electron chi connectivity index (χ4n) is 3.71. The zero-order chi connectivity index (χ0) is 20.1. The number of hydrogen-bond acceptors (Lipinski definition) is 4. The van der Waals surface area contributed by atoms with Gasteiger partial charge in [-0.1, -0.05) is 20.8 Å². The Labute approximate surface area is 166 Å². The van der Waals surface area contributed by atoms with Crippen molar-refractivity contribution in [2.75, 3.05) is 5.32 Å². The van der Waals surface area contributed by atoms with Crippen molar-refractivity contribution in [3.63, 3.8) is 0 Å². The number of thiazole rings is 1. The van der Waals surface area contributed by atoms with Crippen molar-refractivity contribution in [1.82, 2.24) is 9.38 Å². The smallest absolute Gasteiger partial charge is 0.282 e. The molecule has 2 heterocycles. The standard InChI is InChI=1S/C21H22FN3O2S/c1-21(2,3)13-6-9-16-17(10-13)28-20-23-11-15(19(27)25(16)20)24-18(26)12-4-7-14(22)8-5-12/h4-5,7-8,11,13H,6,9-10H2,1-3H3,(H,24,26)/t13-/m1/s1. The summed E-state index contributed by atoms with van der Waals surface area (Å²) in [6.45, 7) is 6.76. The monoisotopic (exact) mass is 399 g/mol. The van der Waals surface area contributed by atoms with Gasteiger partial charge in [0.2, 0.25) is 0 Å². The van der Waals surface area contributed by atoms with Crippen LogP contribution in [0.4, 0.5) is 10.1 Å². The zero-order valence-electron chi connectivity index (χ0n) is 16.1. The zero-order valence-corrected chi connectivity index (χ0v) is 16.9. The maximum atomic E-state index is 13.0. The molecular weight excluding hydrogens is 377 g/mol. The Morgan fingerprint density at radius 1 is 1.29 bits per heavy atom. The Hall–Kier alpha value is -2.54.